The van der Waals surface area contributed by atoms with Crippen molar-refractivity contribution in [1.82, 2.24) is 0 Å². The Morgan fingerprint density at radius 2 is 2.09 bits per heavy atom. The number of halogens is 3. The third-order valence-electron chi connectivity index (χ3n) is 1.36. The summed E-state index contributed by atoms with van der Waals surface area (Å²) >= 11 is 5.46. The highest BCUT2D eigenvalue weighted by molar-refractivity contribution is 6.17. The van der Waals surface area contributed by atoms with E-state index in [9.17, 15) is 8.78 Å². The molecular weight excluding hydrogens is 170 g/mol. The summed E-state index contributed by atoms with van der Waals surface area (Å²) in [5, 5.41) is 0. The zero-order chi connectivity index (χ0) is 8.27. The Kier molecular flexibility index (Phi) is 2.83. The molecule has 1 aromatic carbocycles. The first-order chi connectivity index (χ1) is 5.24. The lowest BCUT2D eigenvalue weighted by atomic mass is 10.1. The van der Waals surface area contributed by atoms with Crippen LogP contribution in [0.15, 0.2) is 24.3 Å². The Morgan fingerprint density at radius 1 is 1.36 bits per heavy atom. The van der Waals surface area contributed by atoms with Crippen molar-refractivity contribution in [2.45, 2.75) is 12.3 Å². The summed E-state index contributed by atoms with van der Waals surface area (Å²) in [7, 11) is 0. The van der Waals surface area contributed by atoms with Crippen molar-refractivity contribution < 1.29 is 8.78 Å². The molecule has 0 aromatic heterocycles. The maximum atomic E-state index is 12.0. The van der Waals surface area contributed by atoms with Crippen LogP contribution in [-0.4, -0.2) is 0 Å². The first-order valence-electron chi connectivity index (χ1n) is 3.17. The summed E-state index contributed by atoms with van der Waals surface area (Å²) in [5.74, 6) is 0.278. The van der Waals surface area contributed by atoms with Gasteiger partial charge in [-0.1, -0.05) is 18.2 Å². The molecule has 0 fully saturated rings. The van der Waals surface area contributed by atoms with Crippen molar-refractivity contribution in [2.24, 2.45) is 0 Å². The zero-order valence-electron chi connectivity index (χ0n) is 5.73. The first kappa shape index (κ1) is 8.47. The Labute approximate surface area is 68.8 Å². The molecule has 0 bridgehead atoms. The molecule has 11 heavy (non-hydrogen) atoms. The van der Waals surface area contributed by atoms with E-state index < -0.39 is 6.43 Å². The standard InChI is InChI=1S/C8H7ClF2/c9-5-6-2-1-3-7(4-6)8(10)11/h1-4,8H,5H2. The van der Waals surface area contributed by atoms with Crippen LogP contribution >= 0.6 is 11.6 Å². The second kappa shape index (κ2) is 3.67. The minimum absolute atomic E-state index is 0.0307. The third-order valence-corrected chi connectivity index (χ3v) is 1.67. The van der Waals surface area contributed by atoms with Crippen LogP contribution in [0.25, 0.3) is 0 Å². The monoisotopic (exact) mass is 176 g/mol. The molecule has 0 aliphatic carbocycles. The molecule has 0 saturated carbocycles. The van der Waals surface area contributed by atoms with Gasteiger partial charge in [0.1, 0.15) is 0 Å². The highest BCUT2D eigenvalue weighted by Gasteiger charge is 2.05. The van der Waals surface area contributed by atoms with E-state index in [0.717, 1.165) is 5.56 Å². The second-order valence-corrected chi connectivity index (χ2v) is 2.45. The molecule has 0 radical (unpaired) electrons. The van der Waals surface area contributed by atoms with Crippen molar-refractivity contribution >= 4 is 11.6 Å². The molecule has 0 atom stereocenters. The molecule has 0 unspecified atom stereocenters. The normalized spacial score (nSPS) is 10.5. The van der Waals surface area contributed by atoms with Gasteiger partial charge in [-0.3, -0.25) is 0 Å². The van der Waals surface area contributed by atoms with Gasteiger partial charge in [-0.15, -0.1) is 11.6 Å². The van der Waals surface area contributed by atoms with Crippen LogP contribution < -0.4 is 0 Å². The fourth-order valence-electron chi connectivity index (χ4n) is 0.812. The van der Waals surface area contributed by atoms with Crippen molar-refractivity contribution in [3.63, 3.8) is 0 Å². The highest BCUT2D eigenvalue weighted by atomic mass is 35.5. The molecule has 1 aromatic rings. The quantitative estimate of drug-likeness (QED) is 0.607. The molecule has 0 spiro atoms. The van der Waals surface area contributed by atoms with Gasteiger partial charge in [-0.05, 0) is 11.6 Å². The van der Waals surface area contributed by atoms with Crippen LogP contribution in [0.3, 0.4) is 0 Å². The maximum Gasteiger partial charge on any atom is 0.263 e. The summed E-state index contributed by atoms with van der Waals surface area (Å²) in [5.41, 5.74) is 0.757. The van der Waals surface area contributed by atoms with Crippen molar-refractivity contribution in [3.8, 4) is 0 Å². The minimum atomic E-state index is -2.40. The van der Waals surface area contributed by atoms with E-state index in [1.165, 1.54) is 12.1 Å². The van der Waals surface area contributed by atoms with Gasteiger partial charge in [0.25, 0.3) is 6.43 Å². The Balaban J connectivity index is 2.91. The molecule has 1 rings (SSSR count). The molecule has 0 amide bonds. The van der Waals surface area contributed by atoms with Crippen LogP contribution in [0.1, 0.15) is 17.6 Å². The van der Waals surface area contributed by atoms with Gasteiger partial charge in [0.15, 0.2) is 0 Å². The van der Waals surface area contributed by atoms with E-state index >= 15 is 0 Å². The lowest BCUT2D eigenvalue weighted by Crippen LogP contribution is -1.85. The predicted molar refractivity (Wildman–Crippen MR) is 41.0 cm³/mol. The van der Waals surface area contributed by atoms with Crippen molar-refractivity contribution in [1.29, 1.82) is 0 Å². The van der Waals surface area contributed by atoms with Gasteiger partial charge in [0.2, 0.25) is 0 Å². The molecule has 0 N–H and O–H groups in total. The van der Waals surface area contributed by atoms with Gasteiger partial charge < -0.3 is 0 Å². The SMILES string of the molecule is FC(F)c1cccc(CCl)c1. The zero-order valence-corrected chi connectivity index (χ0v) is 6.48. The van der Waals surface area contributed by atoms with Gasteiger partial charge in [0.05, 0.1) is 0 Å². The van der Waals surface area contributed by atoms with E-state index in [0.29, 0.717) is 0 Å². The molecule has 60 valence electrons. The number of hydrogen-bond acceptors (Lipinski definition) is 0. The summed E-state index contributed by atoms with van der Waals surface area (Å²) in [6.45, 7) is 0. The Morgan fingerprint density at radius 3 is 2.64 bits per heavy atom. The lowest BCUT2D eigenvalue weighted by Gasteiger charge is -2.00. The summed E-state index contributed by atoms with van der Waals surface area (Å²) in [6, 6.07) is 6.11. The first-order valence-corrected chi connectivity index (χ1v) is 3.70. The number of benzene rings is 1. The summed E-state index contributed by atoms with van der Waals surface area (Å²) < 4.78 is 24.1. The lowest BCUT2D eigenvalue weighted by molar-refractivity contribution is 0.151. The fraction of sp³-hybridized carbons (Fsp3) is 0.250. The van der Waals surface area contributed by atoms with E-state index in [2.05, 4.69) is 0 Å². The van der Waals surface area contributed by atoms with E-state index in [-0.39, 0.29) is 11.4 Å². The fourth-order valence-corrected chi connectivity index (χ4v) is 0.978. The number of alkyl halides is 3. The van der Waals surface area contributed by atoms with E-state index in [1.807, 2.05) is 0 Å². The molecule has 0 heterocycles. The van der Waals surface area contributed by atoms with Gasteiger partial charge in [-0.25, -0.2) is 8.78 Å². The Hall–Kier alpha value is -0.630. The van der Waals surface area contributed by atoms with Crippen LogP contribution in [0.2, 0.25) is 0 Å². The van der Waals surface area contributed by atoms with Crippen LogP contribution in [0.4, 0.5) is 8.78 Å². The molecule has 0 aliphatic heterocycles. The number of rotatable bonds is 2. The van der Waals surface area contributed by atoms with Crippen molar-refractivity contribution in [3.05, 3.63) is 35.4 Å². The van der Waals surface area contributed by atoms with Gasteiger partial charge in [0, 0.05) is 11.4 Å². The average molecular weight is 177 g/mol. The smallest absolute Gasteiger partial charge is 0.205 e. The molecule has 3 heteroatoms. The molecule has 0 aliphatic rings. The summed E-state index contributed by atoms with van der Waals surface area (Å²) in [6.07, 6.45) is -2.40. The predicted octanol–water partition coefficient (Wildman–Crippen LogP) is 3.36. The van der Waals surface area contributed by atoms with Crippen molar-refractivity contribution in [2.75, 3.05) is 0 Å². The maximum absolute atomic E-state index is 12.0. The van der Waals surface area contributed by atoms with Crippen LogP contribution in [0, 0.1) is 0 Å². The molecule has 0 nitrogen and oxygen atoms in total. The van der Waals surface area contributed by atoms with Gasteiger partial charge >= 0.3 is 0 Å². The molecule has 0 saturated heterocycles. The number of hydrogen-bond donors (Lipinski definition) is 0. The average Bonchev–Trinajstić information content (AvgIpc) is 2.05. The molecular formula is C8H7ClF2. The van der Waals surface area contributed by atoms with Crippen LogP contribution in [-0.2, 0) is 5.88 Å². The highest BCUT2D eigenvalue weighted by Crippen LogP contribution is 2.19. The van der Waals surface area contributed by atoms with Gasteiger partial charge in [-0.2, -0.15) is 0 Å². The third kappa shape index (κ3) is 2.15. The second-order valence-electron chi connectivity index (χ2n) is 2.18. The Bertz CT molecular complexity index is 235. The summed E-state index contributed by atoms with van der Waals surface area (Å²) in [4.78, 5) is 0. The minimum Gasteiger partial charge on any atom is -0.205 e. The topological polar surface area (TPSA) is 0 Å². The van der Waals surface area contributed by atoms with E-state index in [4.69, 9.17) is 11.6 Å². The van der Waals surface area contributed by atoms with E-state index in [1.54, 1.807) is 12.1 Å². The largest absolute Gasteiger partial charge is 0.263 e. The van der Waals surface area contributed by atoms with Crippen LogP contribution in [0.5, 0.6) is 0 Å².